The summed E-state index contributed by atoms with van der Waals surface area (Å²) in [7, 11) is 0. The normalized spacial score (nSPS) is 14.1. The maximum Gasteiger partial charge on any atom is 0.252 e. The third kappa shape index (κ3) is 2.42. The molecule has 1 aromatic carbocycles. The fourth-order valence-electron chi connectivity index (χ4n) is 1.95. The molecule has 3 rings (SSSR count). The molecule has 0 bridgehead atoms. The Bertz CT molecular complexity index is 626. The van der Waals surface area contributed by atoms with Crippen molar-refractivity contribution in [3.05, 3.63) is 47.7 Å². The van der Waals surface area contributed by atoms with Crippen LogP contribution in [-0.4, -0.2) is 18.2 Å². The zero-order valence-electron chi connectivity index (χ0n) is 10.3. The van der Waals surface area contributed by atoms with Crippen LogP contribution in [0.5, 0.6) is 0 Å². The van der Waals surface area contributed by atoms with E-state index in [4.69, 9.17) is 4.42 Å². The first-order chi connectivity index (χ1) is 9.28. The molecule has 0 atom stereocenters. The smallest absolute Gasteiger partial charge is 0.252 e. The van der Waals surface area contributed by atoms with Crippen LogP contribution in [0.3, 0.4) is 0 Å². The molecule has 1 heterocycles. The van der Waals surface area contributed by atoms with Gasteiger partial charge in [0.15, 0.2) is 12.0 Å². The topological polar surface area (TPSA) is 59.3 Å². The molecule has 0 spiro atoms. The van der Waals surface area contributed by atoms with Crippen LogP contribution in [0, 0.1) is 0 Å². The lowest BCUT2D eigenvalue weighted by atomic mass is 10.0. The Morgan fingerprint density at radius 2 is 2.00 bits per heavy atom. The maximum atomic E-state index is 12.1. The lowest BCUT2D eigenvalue weighted by Gasteiger charge is -2.07. The van der Waals surface area contributed by atoms with Gasteiger partial charge >= 0.3 is 0 Å². The fraction of sp³-hybridized carbons (Fsp3) is 0.200. The number of aldehydes is 1. The summed E-state index contributed by atoms with van der Waals surface area (Å²) in [5.41, 5.74) is 1.27. The van der Waals surface area contributed by atoms with Crippen LogP contribution < -0.4 is 5.32 Å². The Labute approximate surface area is 110 Å². The molecule has 1 amide bonds. The summed E-state index contributed by atoms with van der Waals surface area (Å²) in [5.74, 6) is 0.693. The molecule has 2 aromatic rings. The van der Waals surface area contributed by atoms with E-state index in [0.717, 1.165) is 12.8 Å². The van der Waals surface area contributed by atoms with Gasteiger partial charge in [-0.15, -0.1) is 0 Å². The van der Waals surface area contributed by atoms with Crippen LogP contribution in [0.15, 0.2) is 40.8 Å². The minimum atomic E-state index is -0.0952. The Morgan fingerprint density at radius 1 is 1.21 bits per heavy atom. The second kappa shape index (κ2) is 4.72. The lowest BCUT2D eigenvalue weighted by molar-refractivity contribution is 0.0951. The van der Waals surface area contributed by atoms with E-state index in [1.165, 1.54) is 0 Å². The van der Waals surface area contributed by atoms with E-state index in [2.05, 4.69) is 5.32 Å². The second-order valence-corrected chi connectivity index (χ2v) is 4.61. The van der Waals surface area contributed by atoms with Crippen LogP contribution >= 0.6 is 0 Å². The third-order valence-electron chi connectivity index (χ3n) is 3.09. The summed E-state index contributed by atoms with van der Waals surface area (Å²) < 4.78 is 5.38. The van der Waals surface area contributed by atoms with Crippen LogP contribution in [0.2, 0.25) is 0 Å². The van der Waals surface area contributed by atoms with Crippen molar-refractivity contribution in [2.45, 2.75) is 18.9 Å². The van der Waals surface area contributed by atoms with Gasteiger partial charge < -0.3 is 9.73 Å². The first-order valence-corrected chi connectivity index (χ1v) is 6.23. The van der Waals surface area contributed by atoms with Gasteiger partial charge in [0.25, 0.3) is 5.91 Å². The van der Waals surface area contributed by atoms with E-state index in [-0.39, 0.29) is 11.7 Å². The summed E-state index contributed by atoms with van der Waals surface area (Å²) in [6.07, 6.45) is 2.74. The molecule has 1 N–H and O–H groups in total. The molecule has 1 aromatic heterocycles. The summed E-state index contributed by atoms with van der Waals surface area (Å²) >= 11 is 0. The van der Waals surface area contributed by atoms with Gasteiger partial charge in [-0.05, 0) is 31.0 Å². The van der Waals surface area contributed by atoms with Gasteiger partial charge in [-0.25, -0.2) is 0 Å². The van der Waals surface area contributed by atoms with Crippen LogP contribution in [-0.2, 0) is 0 Å². The van der Waals surface area contributed by atoms with Crippen molar-refractivity contribution in [1.29, 1.82) is 0 Å². The van der Waals surface area contributed by atoms with Gasteiger partial charge in [0.05, 0.1) is 5.56 Å². The molecule has 96 valence electrons. The van der Waals surface area contributed by atoms with Gasteiger partial charge in [0.1, 0.15) is 5.76 Å². The highest BCUT2D eigenvalue weighted by Crippen LogP contribution is 2.26. The fourth-order valence-corrected chi connectivity index (χ4v) is 1.95. The molecule has 0 unspecified atom stereocenters. The van der Waals surface area contributed by atoms with Gasteiger partial charge in [0, 0.05) is 11.6 Å². The quantitative estimate of drug-likeness (QED) is 0.854. The van der Waals surface area contributed by atoms with E-state index < -0.39 is 0 Å². The Hall–Kier alpha value is -2.36. The van der Waals surface area contributed by atoms with E-state index in [1.54, 1.807) is 18.2 Å². The SMILES string of the molecule is O=Cc1ccc(-c2ccccc2C(=O)NC2CC2)o1. The number of hydrogen-bond donors (Lipinski definition) is 1. The van der Waals surface area contributed by atoms with E-state index in [9.17, 15) is 9.59 Å². The van der Waals surface area contributed by atoms with Crippen LogP contribution in [0.4, 0.5) is 0 Å². The largest absolute Gasteiger partial charge is 0.453 e. The first kappa shape index (κ1) is 11.7. The van der Waals surface area contributed by atoms with Crippen molar-refractivity contribution in [2.75, 3.05) is 0 Å². The van der Waals surface area contributed by atoms with Crippen molar-refractivity contribution < 1.29 is 14.0 Å². The van der Waals surface area contributed by atoms with E-state index in [0.29, 0.717) is 29.2 Å². The molecular formula is C15H13NO3. The number of nitrogens with one attached hydrogen (secondary N) is 1. The minimum absolute atomic E-state index is 0.0952. The molecule has 1 aliphatic carbocycles. The Balaban J connectivity index is 1.95. The maximum absolute atomic E-state index is 12.1. The van der Waals surface area contributed by atoms with E-state index >= 15 is 0 Å². The van der Waals surface area contributed by atoms with Crippen LogP contribution in [0.25, 0.3) is 11.3 Å². The monoisotopic (exact) mass is 255 g/mol. The van der Waals surface area contributed by atoms with Crippen LogP contribution in [0.1, 0.15) is 33.8 Å². The molecule has 0 aliphatic heterocycles. The summed E-state index contributed by atoms with van der Waals surface area (Å²) in [6, 6.07) is 10.8. The average Bonchev–Trinajstić information content (AvgIpc) is 3.12. The van der Waals surface area contributed by atoms with Crippen molar-refractivity contribution >= 4 is 12.2 Å². The number of carbonyl (C=O) groups is 2. The van der Waals surface area contributed by atoms with Gasteiger partial charge in [0.2, 0.25) is 0 Å². The number of hydrogen-bond acceptors (Lipinski definition) is 3. The Morgan fingerprint density at radius 3 is 2.68 bits per heavy atom. The standard InChI is InChI=1S/C15H13NO3/c17-9-11-7-8-14(19-11)12-3-1-2-4-13(12)15(18)16-10-5-6-10/h1-4,7-10H,5-6H2,(H,16,18). The molecule has 4 nitrogen and oxygen atoms in total. The highest BCUT2D eigenvalue weighted by molar-refractivity contribution is 6.00. The predicted octanol–water partition coefficient (Wildman–Crippen LogP) is 2.65. The molecule has 1 fully saturated rings. The predicted molar refractivity (Wildman–Crippen MR) is 70.0 cm³/mol. The van der Waals surface area contributed by atoms with Crippen molar-refractivity contribution in [3.63, 3.8) is 0 Å². The number of benzene rings is 1. The first-order valence-electron chi connectivity index (χ1n) is 6.23. The van der Waals surface area contributed by atoms with Gasteiger partial charge in [-0.1, -0.05) is 18.2 Å². The average molecular weight is 255 g/mol. The zero-order chi connectivity index (χ0) is 13.2. The molecule has 19 heavy (non-hydrogen) atoms. The molecule has 1 saturated carbocycles. The molecular weight excluding hydrogens is 242 g/mol. The molecule has 0 radical (unpaired) electrons. The van der Waals surface area contributed by atoms with E-state index in [1.807, 2.05) is 18.2 Å². The number of furan rings is 1. The van der Waals surface area contributed by atoms with Gasteiger partial charge in [-0.3, -0.25) is 9.59 Å². The summed E-state index contributed by atoms with van der Waals surface area (Å²) in [4.78, 5) is 22.8. The highest BCUT2D eigenvalue weighted by Gasteiger charge is 2.25. The Kier molecular flexibility index (Phi) is 2.91. The van der Waals surface area contributed by atoms with Gasteiger partial charge in [-0.2, -0.15) is 0 Å². The zero-order valence-corrected chi connectivity index (χ0v) is 10.3. The summed E-state index contributed by atoms with van der Waals surface area (Å²) in [5, 5.41) is 2.95. The minimum Gasteiger partial charge on any atom is -0.453 e. The number of amides is 1. The lowest BCUT2D eigenvalue weighted by Crippen LogP contribution is -2.25. The number of carbonyl (C=O) groups excluding carboxylic acids is 2. The molecule has 4 heteroatoms. The molecule has 1 aliphatic rings. The molecule has 0 saturated heterocycles. The summed E-state index contributed by atoms with van der Waals surface area (Å²) in [6.45, 7) is 0. The third-order valence-corrected chi connectivity index (χ3v) is 3.09. The van der Waals surface area contributed by atoms with Crippen molar-refractivity contribution in [1.82, 2.24) is 5.32 Å². The second-order valence-electron chi connectivity index (χ2n) is 4.61. The highest BCUT2D eigenvalue weighted by atomic mass is 16.3. The van der Waals surface area contributed by atoms with Crippen molar-refractivity contribution in [2.24, 2.45) is 0 Å². The number of rotatable bonds is 4. The van der Waals surface area contributed by atoms with Crippen molar-refractivity contribution in [3.8, 4) is 11.3 Å².